The summed E-state index contributed by atoms with van der Waals surface area (Å²) in [5.74, 6) is 0.125. The Balaban J connectivity index is 1.85. The van der Waals surface area contributed by atoms with Crippen LogP contribution in [0.1, 0.15) is 46.5 Å². The largest absolute Gasteiger partial charge is 0.444 e. The Morgan fingerprint density at radius 2 is 1.95 bits per heavy atom. The van der Waals surface area contributed by atoms with Crippen LogP contribution < -0.4 is 5.32 Å². The molecule has 2 heterocycles. The highest BCUT2D eigenvalue weighted by atomic mass is 16.6. The lowest BCUT2D eigenvalue weighted by Gasteiger charge is -2.28. The van der Waals surface area contributed by atoms with Crippen molar-refractivity contribution in [2.45, 2.75) is 70.2 Å². The van der Waals surface area contributed by atoms with Crippen molar-refractivity contribution in [1.82, 2.24) is 15.1 Å². The predicted molar refractivity (Wildman–Crippen MR) is 84.6 cm³/mol. The van der Waals surface area contributed by atoms with E-state index < -0.39 is 5.60 Å². The van der Waals surface area contributed by atoms with E-state index in [1.165, 1.54) is 0 Å². The van der Waals surface area contributed by atoms with E-state index in [-0.39, 0.29) is 30.1 Å². The number of hydrogen-bond donors (Lipinski definition) is 1. The number of ether oxygens (including phenoxy) is 1. The molecule has 0 aromatic heterocycles. The smallest absolute Gasteiger partial charge is 0.410 e. The zero-order valence-electron chi connectivity index (χ0n) is 14.4. The number of nitrogens with one attached hydrogen (secondary N) is 1. The summed E-state index contributed by atoms with van der Waals surface area (Å²) >= 11 is 0. The molecule has 3 atom stereocenters. The van der Waals surface area contributed by atoms with E-state index in [1.54, 1.807) is 19.0 Å². The van der Waals surface area contributed by atoms with Gasteiger partial charge in [-0.05, 0) is 40.0 Å². The van der Waals surface area contributed by atoms with E-state index >= 15 is 0 Å². The minimum Gasteiger partial charge on any atom is -0.444 e. The summed E-state index contributed by atoms with van der Waals surface area (Å²) in [5.41, 5.74) is -0.458. The topological polar surface area (TPSA) is 61.9 Å². The van der Waals surface area contributed by atoms with Crippen LogP contribution in [0.3, 0.4) is 0 Å². The summed E-state index contributed by atoms with van der Waals surface area (Å²) in [6, 6.07) is 0.762. The van der Waals surface area contributed by atoms with Crippen molar-refractivity contribution in [3.05, 3.63) is 0 Å². The van der Waals surface area contributed by atoms with Gasteiger partial charge in [0.15, 0.2) is 0 Å². The average Bonchev–Trinajstić information content (AvgIpc) is 2.93. The minimum absolute atomic E-state index is 0.125. The molecule has 2 aliphatic heterocycles. The van der Waals surface area contributed by atoms with Crippen LogP contribution in [-0.2, 0) is 9.53 Å². The van der Waals surface area contributed by atoms with E-state index in [4.69, 9.17) is 4.74 Å². The molecule has 2 bridgehead atoms. The molecule has 0 spiro atoms. The molecule has 2 rings (SSSR count). The van der Waals surface area contributed by atoms with Crippen molar-refractivity contribution in [1.29, 1.82) is 0 Å². The Bertz CT molecular complexity index is 431. The standard InChI is InChI=1S/C16H29N3O3/c1-16(2,3)22-15(21)19-11-6-7-13(19)12(10-11)17-9-8-14(20)18(4)5/h11-13,17H,6-10H2,1-5H3/t11-,12?,13-/m1/s1. The van der Waals surface area contributed by atoms with Gasteiger partial charge in [-0.3, -0.25) is 4.79 Å². The van der Waals surface area contributed by atoms with Gasteiger partial charge in [0.05, 0.1) is 6.04 Å². The molecule has 6 nitrogen and oxygen atoms in total. The molecule has 6 heteroatoms. The van der Waals surface area contributed by atoms with Crippen molar-refractivity contribution in [2.75, 3.05) is 20.6 Å². The lowest BCUT2D eigenvalue weighted by atomic mass is 9.95. The lowest BCUT2D eigenvalue weighted by molar-refractivity contribution is -0.128. The van der Waals surface area contributed by atoms with Gasteiger partial charge in [0.2, 0.25) is 5.91 Å². The van der Waals surface area contributed by atoms with Crippen LogP contribution in [0.25, 0.3) is 0 Å². The van der Waals surface area contributed by atoms with Crippen LogP contribution in [0.4, 0.5) is 4.79 Å². The minimum atomic E-state index is -0.458. The van der Waals surface area contributed by atoms with Gasteiger partial charge in [0, 0.05) is 39.1 Å². The monoisotopic (exact) mass is 311 g/mol. The van der Waals surface area contributed by atoms with Gasteiger partial charge in [-0.25, -0.2) is 4.79 Å². The van der Waals surface area contributed by atoms with Crippen LogP contribution in [0.15, 0.2) is 0 Å². The highest BCUT2D eigenvalue weighted by molar-refractivity contribution is 5.75. The van der Waals surface area contributed by atoms with Gasteiger partial charge in [-0.15, -0.1) is 0 Å². The van der Waals surface area contributed by atoms with Crippen LogP contribution in [-0.4, -0.2) is 66.2 Å². The first-order valence-electron chi connectivity index (χ1n) is 8.14. The predicted octanol–water partition coefficient (Wildman–Crippen LogP) is 1.59. The molecular weight excluding hydrogens is 282 g/mol. The molecule has 1 N–H and O–H groups in total. The highest BCUT2D eigenvalue weighted by Gasteiger charge is 2.49. The fourth-order valence-electron chi connectivity index (χ4n) is 3.40. The second kappa shape index (κ2) is 6.44. The molecule has 1 unspecified atom stereocenters. The summed E-state index contributed by atoms with van der Waals surface area (Å²) < 4.78 is 5.52. The van der Waals surface area contributed by atoms with Crippen molar-refractivity contribution < 1.29 is 14.3 Å². The molecule has 2 saturated heterocycles. The van der Waals surface area contributed by atoms with Gasteiger partial charge < -0.3 is 19.9 Å². The summed E-state index contributed by atoms with van der Waals surface area (Å²) in [5, 5.41) is 3.45. The molecule has 0 aromatic rings. The van der Waals surface area contributed by atoms with E-state index in [9.17, 15) is 9.59 Å². The molecule has 0 radical (unpaired) electrons. The number of fused-ring (bicyclic) bond motifs is 2. The van der Waals surface area contributed by atoms with Crippen LogP contribution in [0, 0.1) is 0 Å². The van der Waals surface area contributed by atoms with Gasteiger partial charge in [0.1, 0.15) is 5.60 Å². The van der Waals surface area contributed by atoms with Gasteiger partial charge in [-0.2, -0.15) is 0 Å². The van der Waals surface area contributed by atoms with E-state index in [0.717, 1.165) is 19.3 Å². The van der Waals surface area contributed by atoms with Crippen LogP contribution in [0.2, 0.25) is 0 Å². The Morgan fingerprint density at radius 1 is 1.27 bits per heavy atom. The first kappa shape index (κ1) is 17.1. The molecule has 0 saturated carbocycles. The molecule has 0 aliphatic carbocycles. The lowest BCUT2D eigenvalue weighted by Crippen LogP contribution is -2.45. The Kier molecular flexibility index (Phi) is 5.00. The normalized spacial score (nSPS) is 27.1. The Hall–Kier alpha value is -1.30. The third-order valence-electron chi connectivity index (χ3n) is 4.39. The number of hydrogen-bond acceptors (Lipinski definition) is 4. The van der Waals surface area contributed by atoms with Gasteiger partial charge in [-0.1, -0.05) is 0 Å². The Morgan fingerprint density at radius 3 is 2.55 bits per heavy atom. The fraction of sp³-hybridized carbons (Fsp3) is 0.875. The number of carbonyl (C=O) groups excluding carboxylic acids is 2. The first-order valence-corrected chi connectivity index (χ1v) is 8.14. The van der Waals surface area contributed by atoms with Crippen molar-refractivity contribution in [3.63, 3.8) is 0 Å². The van der Waals surface area contributed by atoms with Crippen molar-refractivity contribution >= 4 is 12.0 Å². The summed E-state index contributed by atoms with van der Waals surface area (Å²) in [4.78, 5) is 27.5. The van der Waals surface area contributed by atoms with Crippen LogP contribution >= 0.6 is 0 Å². The molecule has 2 amide bonds. The van der Waals surface area contributed by atoms with E-state index in [0.29, 0.717) is 13.0 Å². The summed E-state index contributed by atoms with van der Waals surface area (Å²) in [6.45, 7) is 6.34. The summed E-state index contributed by atoms with van der Waals surface area (Å²) in [7, 11) is 3.54. The van der Waals surface area contributed by atoms with Gasteiger partial charge >= 0.3 is 6.09 Å². The van der Waals surface area contributed by atoms with Gasteiger partial charge in [0.25, 0.3) is 0 Å². The molecular formula is C16H29N3O3. The fourth-order valence-corrected chi connectivity index (χ4v) is 3.40. The molecule has 0 aromatic carbocycles. The van der Waals surface area contributed by atoms with Crippen molar-refractivity contribution in [3.8, 4) is 0 Å². The highest BCUT2D eigenvalue weighted by Crippen LogP contribution is 2.38. The second-order valence-electron chi connectivity index (χ2n) is 7.52. The third-order valence-corrected chi connectivity index (χ3v) is 4.39. The van der Waals surface area contributed by atoms with Crippen molar-refractivity contribution in [2.24, 2.45) is 0 Å². The SMILES string of the molecule is CN(C)C(=O)CCNC1C[C@H]2CC[C@H]1N2C(=O)OC(C)(C)C. The van der Waals surface area contributed by atoms with E-state index in [1.807, 2.05) is 25.7 Å². The second-order valence-corrected chi connectivity index (χ2v) is 7.52. The molecule has 22 heavy (non-hydrogen) atoms. The zero-order chi connectivity index (χ0) is 16.5. The first-order chi connectivity index (χ1) is 10.2. The third kappa shape index (κ3) is 3.91. The number of rotatable bonds is 4. The molecule has 2 fully saturated rings. The number of carbonyl (C=O) groups is 2. The number of nitrogens with zero attached hydrogens (tertiary/aromatic N) is 2. The maximum Gasteiger partial charge on any atom is 0.410 e. The Labute approximate surface area is 133 Å². The maximum atomic E-state index is 12.4. The molecule has 126 valence electrons. The average molecular weight is 311 g/mol. The quantitative estimate of drug-likeness (QED) is 0.856. The van der Waals surface area contributed by atoms with E-state index in [2.05, 4.69) is 5.32 Å². The zero-order valence-corrected chi connectivity index (χ0v) is 14.4. The molecule has 2 aliphatic rings. The summed E-state index contributed by atoms with van der Waals surface area (Å²) in [6.07, 6.45) is 3.32. The number of amides is 2. The van der Waals surface area contributed by atoms with Crippen LogP contribution in [0.5, 0.6) is 0 Å². The maximum absolute atomic E-state index is 12.4.